The molecule has 1 aromatic carbocycles. The van der Waals surface area contributed by atoms with Crippen LogP contribution < -0.4 is 5.32 Å². The van der Waals surface area contributed by atoms with E-state index in [1.807, 2.05) is 37.3 Å². The number of furan rings is 1. The molecule has 4 nitrogen and oxygen atoms in total. The van der Waals surface area contributed by atoms with Gasteiger partial charge in [-0.25, -0.2) is 4.79 Å². The highest BCUT2D eigenvalue weighted by molar-refractivity contribution is 5.95. The molecule has 0 amide bonds. The Morgan fingerprint density at radius 3 is 2.86 bits per heavy atom. The van der Waals surface area contributed by atoms with Crippen molar-refractivity contribution >= 4 is 11.7 Å². The van der Waals surface area contributed by atoms with E-state index >= 15 is 0 Å². The predicted octanol–water partition coefficient (Wildman–Crippen LogP) is 3.81. The molecular formula is C17H21NO3. The monoisotopic (exact) mass is 287 g/mol. The van der Waals surface area contributed by atoms with Gasteiger partial charge in [0.05, 0.1) is 18.9 Å². The molecule has 112 valence electrons. The van der Waals surface area contributed by atoms with E-state index in [0.29, 0.717) is 5.56 Å². The first-order valence-corrected chi connectivity index (χ1v) is 7.08. The standard InChI is InChI=1S/C17H21NO3/c1-12-6-9-16(15(11-12)17(19)20-3)18-13(2)7-8-14-5-4-10-21-14/h4-6,9-11,13,18H,7-8H2,1-3H3. The Kier molecular flexibility index (Phi) is 5.04. The Labute approximate surface area is 125 Å². The largest absolute Gasteiger partial charge is 0.469 e. The fraction of sp³-hybridized carbons (Fsp3) is 0.353. The van der Waals surface area contributed by atoms with Crippen LogP contribution in [0.1, 0.15) is 35.0 Å². The van der Waals surface area contributed by atoms with E-state index in [9.17, 15) is 4.79 Å². The van der Waals surface area contributed by atoms with Crippen molar-refractivity contribution in [3.8, 4) is 0 Å². The lowest BCUT2D eigenvalue weighted by atomic mass is 10.1. The van der Waals surface area contributed by atoms with Crippen molar-refractivity contribution in [3.63, 3.8) is 0 Å². The summed E-state index contributed by atoms with van der Waals surface area (Å²) in [5.74, 6) is 0.653. The maximum absolute atomic E-state index is 11.8. The maximum atomic E-state index is 11.8. The minimum absolute atomic E-state index is 0.223. The summed E-state index contributed by atoms with van der Waals surface area (Å²) in [6.45, 7) is 4.04. The number of anilines is 1. The Hall–Kier alpha value is -2.23. The molecule has 0 bridgehead atoms. The number of hydrogen-bond acceptors (Lipinski definition) is 4. The van der Waals surface area contributed by atoms with Crippen LogP contribution in [0.5, 0.6) is 0 Å². The smallest absolute Gasteiger partial charge is 0.339 e. The number of esters is 1. The molecule has 2 rings (SSSR count). The van der Waals surface area contributed by atoms with Crippen LogP contribution in [0.25, 0.3) is 0 Å². The van der Waals surface area contributed by atoms with Gasteiger partial charge in [0.15, 0.2) is 0 Å². The van der Waals surface area contributed by atoms with Gasteiger partial charge in [-0.1, -0.05) is 11.6 Å². The summed E-state index contributed by atoms with van der Waals surface area (Å²) in [4.78, 5) is 11.8. The van der Waals surface area contributed by atoms with Gasteiger partial charge in [0.2, 0.25) is 0 Å². The third-order valence-corrected chi connectivity index (χ3v) is 3.39. The number of ether oxygens (including phenoxy) is 1. The van der Waals surface area contributed by atoms with E-state index in [0.717, 1.165) is 29.9 Å². The Morgan fingerprint density at radius 1 is 1.38 bits per heavy atom. The molecule has 0 aliphatic rings. The van der Waals surface area contributed by atoms with Gasteiger partial charge in [-0.3, -0.25) is 0 Å². The van der Waals surface area contributed by atoms with Gasteiger partial charge in [0.1, 0.15) is 5.76 Å². The molecule has 0 saturated carbocycles. The molecule has 0 fully saturated rings. The van der Waals surface area contributed by atoms with Gasteiger partial charge in [-0.2, -0.15) is 0 Å². The molecule has 0 spiro atoms. The second-order valence-corrected chi connectivity index (χ2v) is 5.20. The quantitative estimate of drug-likeness (QED) is 0.821. The van der Waals surface area contributed by atoms with Gasteiger partial charge < -0.3 is 14.5 Å². The fourth-order valence-corrected chi connectivity index (χ4v) is 2.21. The van der Waals surface area contributed by atoms with Crippen LogP contribution in [0.2, 0.25) is 0 Å². The summed E-state index contributed by atoms with van der Waals surface area (Å²) in [6, 6.07) is 9.83. The van der Waals surface area contributed by atoms with Crippen LogP contribution in [0, 0.1) is 6.92 Å². The van der Waals surface area contributed by atoms with E-state index in [4.69, 9.17) is 9.15 Å². The van der Waals surface area contributed by atoms with Crippen LogP contribution in [0.4, 0.5) is 5.69 Å². The Bertz CT molecular complexity index is 590. The Morgan fingerprint density at radius 2 is 2.19 bits per heavy atom. The first-order chi connectivity index (χ1) is 10.1. The van der Waals surface area contributed by atoms with Crippen molar-refractivity contribution in [1.82, 2.24) is 0 Å². The molecule has 0 radical (unpaired) electrons. The molecule has 21 heavy (non-hydrogen) atoms. The summed E-state index contributed by atoms with van der Waals surface area (Å²) in [5, 5.41) is 3.37. The van der Waals surface area contributed by atoms with Crippen LogP contribution in [0.3, 0.4) is 0 Å². The van der Waals surface area contributed by atoms with Crippen molar-refractivity contribution in [2.75, 3.05) is 12.4 Å². The van der Waals surface area contributed by atoms with Gasteiger partial charge in [0.25, 0.3) is 0 Å². The Balaban J connectivity index is 2.02. The van der Waals surface area contributed by atoms with Crippen molar-refractivity contribution < 1.29 is 13.9 Å². The van der Waals surface area contributed by atoms with E-state index in [1.165, 1.54) is 7.11 Å². The molecule has 0 saturated heterocycles. The topological polar surface area (TPSA) is 51.5 Å². The summed E-state index contributed by atoms with van der Waals surface area (Å²) in [7, 11) is 1.40. The summed E-state index contributed by atoms with van der Waals surface area (Å²) >= 11 is 0. The molecule has 0 aliphatic carbocycles. The van der Waals surface area contributed by atoms with Crippen molar-refractivity contribution in [2.45, 2.75) is 32.7 Å². The van der Waals surface area contributed by atoms with Crippen LogP contribution in [0.15, 0.2) is 41.0 Å². The second kappa shape index (κ2) is 6.97. The zero-order chi connectivity index (χ0) is 15.2. The normalized spacial score (nSPS) is 12.0. The highest BCUT2D eigenvalue weighted by Gasteiger charge is 2.14. The first-order valence-electron chi connectivity index (χ1n) is 7.08. The number of carbonyl (C=O) groups excluding carboxylic acids is 1. The molecule has 1 aromatic heterocycles. The van der Waals surface area contributed by atoms with Gasteiger partial charge in [-0.05, 0) is 44.5 Å². The molecule has 4 heteroatoms. The van der Waals surface area contributed by atoms with Gasteiger partial charge in [-0.15, -0.1) is 0 Å². The maximum Gasteiger partial charge on any atom is 0.339 e. The summed E-state index contributed by atoms with van der Waals surface area (Å²) in [5.41, 5.74) is 2.41. The van der Waals surface area contributed by atoms with E-state index in [1.54, 1.807) is 6.26 Å². The van der Waals surface area contributed by atoms with Crippen LogP contribution in [-0.4, -0.2) is 19.1 Å². The molecule has 2 aromatic rings. The average molecular weight is 287 g/mol. The number of benzene rings is 1. The molecule has 1 atom stereocenters. The second-order valence-electron chi connectivity index (χ2n) is 5.20. The van der Waals surface area contributed by atoms with Crippen molar-refractivity contribution in [1.29, 1.82) is 0 Å². The highest BCUT2D eigenvalue weighted by atomic mass is 16.5. The zero-order valence-electron chi connectivity index (χ0n) is 12.7. The van der Waals surface area contributed by atoms with Gasteiger partial charge >= 0.3 is 5.97 Å². The number of aryl methyl sites for hydroxylation is 2. The summed E-state index contributed by atoms with van der Waals surface area (Å²) in [6.07, 6.45) is 3.46. The summed E-state index contributed by atoms with van der Waals surface area (Å²) < 4.78 is 10.2. The minimum Gasteiger partial charge on any atom is -0.469 e. The first kappa shape index (κ1) is 15.2. The predicted molar refractivity (Wildman–Crippen MR) is 82.6 cm³/mol. The van der Waals surface area contributed by atoms with Crippen molar-refractivity contribution in [2.24, 2.45) is 0 Å². The lowest BCUT2D eigenvalue weighted by Crippen LogP contribution is -2.18. The molecule has 1 unspecified atom stereocenters. The van der Waals surface area contributed by atoms with E-state index in [2.05, 4.69) is 12.2 Å². The van der Waals surface area contributed by atoms with Gasteiger partial charge in [0, 0.05) is 18.2 Å². The zero-order valence-corrected chi connectivity index (χ0v) is 12.7. The lowest BCUT2D eigenvalue weighted by Gasteiger charge is -2.17. The van der Waals surface area contributed by atoms with Crippen LogP contribution >= 0.6 is 0 Å². The fourth-order valence-electron chi connectivity index (χ4n) is 2.21. The molecule has 0 aliphatic heterocycles. The number of hydrogen-bond donors (Lipinski definition) is 1. The van der Waals surface area contributed by atoms with Crippen LogP contribution in [-0.2, 0) is 11.2 Å². The number of carbonyl (C=O) groups is 1. The minimum atomic E-state index is -0.320. The van der Waals surface area contributed by atoms with E-state index < -0.39 is 0 Å². The molecule has 1 N–H and O–H groups in total. The third kappa shape index (κ3) is 4.12. The average Bonchev–Trinajstić information content (AvgIpc) is 2.99. The number of nitrogens with one attached hydrogen (secondary N) is 1. The highest BCUT2D eigenvalue weighted by Crippen LogP contribution is 2.20. The SMILES string of the molecule is COC(=O)c1cc(C)ccc1NC(C)CCc1ccco1. The number of methoxy groups -OCH3 is 1. The number of rotatable bonds is 6. The molecule has 1 heterocycles. The lowest BCUT2D eigenvalue weighted by molar-refractivity contribution is 0.0601. The molecular weight excluding hydrogens is 266 g/mol. The van der Waals surface area contributed by atoms with Crippen molar-refractivity contribution in [3.05, 3.63) is 53.5 Å². The van der Waals surface area contributed by atoms with E-state index in [-0.39, 0.29) is 12.0 Å². The third-order valence-electron chi connectivity index (χ3n) is 3.39.